The summed E-state index contributed by atoms with van der Waals surface area (Å²) in [6, 6.07) is 8.03. The molecular weight excluding hydrogens is 284 g/mol. The number of benzene rings is 1. The molecule has 0 heterocycles. The first-order valence-electron chi connectivity index (χ1n) is 6.99. The molecule has 0 saturated carbocycles. The Bertz CT molecular complexity index is 492. The van der Waals surface area contributed by atoms with E-state index >= 15 is 0 Å². The van der Waals surface area contributed by atoms with Gasteiger partial charge in [-0.3, -0.25) is 9.59 Å². The van der Waals surface area contributed by atoms with Crippen LogP contribution < -0.4 is 10.6 Å². The Morgan fingerprint density at radius 1 is 1.19 bits per heavy atom. The van der Waals surface area contributed by atoms with Gasteiger partial charge >= 0.3 is 0 Å². The van der Waals surface area contributed by atoms with E-state index in [-0.39, 0.29) is 29.1 Å². The molecule has 0 aliphatic carbocycles. The molecular formula is C16H24N2O2S. The van der Waals surface area contributed by atoms with Crippen molar-refractivity contribution < 1.29 is 9.59 Å². The highest BCUT2D eigenvalue weighted by Gasteiger charge is 2.17. The second-order valence-corrected chi connectivity index (χ2v) is 7.50. The molecule has 1 aromatic carbocycles. The van der Waals surface area contributed by atoms with Crippen LogP contribution in [0.3, 0.4) is 0 Å². The Morgan fingerprint density at radius 3 is 2.29 bits per heavy atom. The largest absolute Gasteiger partial charge is 0.350 e. The van der Waals surface area contributed by atoms with Gasteiger partial charge in [-0.15, -0.1) is 11.8 Å². The summed E-state index contributed by atoms with van der Waals surface area (Å²) in [5.74, 6) is -0.312. The first-order valence-corrected chi connectivity index (χ1v) is 7.87. The van der Waals surface area contributed by atoms with Gasteiger partial charge in [-0.05, 0) is 46.8 Å². The van der Waals surface area contributed by atoms with Crippen LogP contribution in [-0.2, 0) is 9.59 Å². The van der Waals surface area contributed by atoms with Crippen LogP contribution in [0.15, 0.2) is 29.2 Å². The number of carbonyl (C=O) groups excluding carboxylic acids is 2. The lowest BCUT2D eigenvalue weighted by Gasteiger charge is -2.21. The van der Waals surface area contributed by atoms with E-state index in [4.69, 9.17) is 0 Å². The molecule has 1 aromatic rings. The topological polar surface area (TPSA) is 58.2 Å². The number of thioether (sulfide) groups is 1. The number of nitrogens with one attached hydrogen (secondary N) is 2. The standard InChI is InChI=1S/C16H24N2O2S/c1-11-6-8-13(9-7-11)21-12(2)15(20)17-10-14(19)18-16(3,4)5/h6-9,12H,10H2,1-5H3,(H,17,20)(H,18,19). The first kappa shape index (κ1) is 17.6. The van der Waals surface area contributed by atoms with Crippen molar-refractivity contribution in [3.63, 3.8) is 0 Å². The SMILES string of the molecule is Cc1ccc(SC(C)C(=O)NCC(=O)NC(C)(C)C)cc1. The lowest BCUT2D eigenvalue weighted by atomic mass is 10.1. The summed E-state index contributed by atoms with van der Waals surface area (Å²) < 4.78 is 0. The maximum Gasteiger partial charge on any atom is 0.239 e. The van der Waals surface area contributed by atoms with E-state index in [0.29, 0.717) is 0 Å². The molecule has 0 radical (unpaired) electrons. The number of amides is 2. The molecule has 1 rings (SSSR count). The third-order valence-electron chi connectivity index (χ3n) is 2.64. The van der Waals surface area contributed by atoms with E-state index in [9.17, 15) is 9.59 Å². The predicted molar refractivity (Wildman–Crippen MR) is 87.4 cm³/mol. The third kappa shape index (κ3) is 7.18. The van der Waals surface area contributed by atoms with Gasteiger partial charge in [0.1, 0.15) is 0 Å². The zero-order chi connectivity index (χ0) is 16.0. The Morgan fingerprint density at radius 2 is 1.76 bits per heavy atom. The van der Waals surface area contributed by atoms with Crippen molar-refractivity contribution in [3.8, 4) is 0 Å². The second-order valence-electron chi connectivity index (χ2n) is 6.09. The molecule has 0 saturated heterocycles. The summed E-state index contributed by atoms with van der Waals surface area (Å²) in [5, 5.41) is 5.23. The van der Waals surface area contributed by atoms with Crippen LogP contribution in [0.5, 0.6) is 0 Å². The van der Waals surface area contributed by atoms with E-state index in [1.165, 1.54) is 17.3 Å². The van der Waals surface area contributed by atoms with Crippen LogP contribution in [0.25, 0.3) is 0 Å². The number of carbonyl (C=O) groups is 2. The summed E-state index contributed by atoms with van der Waals surface area (Å²) in [4.78, 5) is 24.7. The van der Waals surface area contributed by atoms with Gasteiger partial charge in [0.2, 0.25) is 11.8 Å². The predicted octanol–water partition coefficient (Wildman–Crippen LogP) is 2.51. The average Bonchev–Trinajstić information content (AvgIpc) is 2.36. The highest BCUT2D eigenvalue weighted by Crippen LogP contribution is 2.23. The maximum absolute atomic E-state index is 12.0. The van der Waals surface area contributed by atoms with Gasteiger partial charge in [-0.2, -0.15) is 0 Å². The van der Waals surface area contributed by atoms with Gasteiger partial charge in [-0.25, -0.2) is 0 Å². The highest BCUT2D eigenvalue weighted by atomic mass is 32.2. The first-order chi connectivity index (χ1) is 9.67. The molecule has 2 amide bonds. The molecule has 1 unspecified atom stereocenters. The summed E-state index contributed by atoms with van der Waals surface area (Å²) >= 11 is 1.48. The van der Waals surface area contributed by atoms with Gasteiger partial charge in [0.05, 0.1) is 11.8 Å². The number of hydrogen-bond acceptors (Lipinski definition) is 3. The summed E-state index contributed by atoms with van der Waals surface area (Å²) in [7, 11) is 0. The van der Waals surface area contributed by atoms with Crippen LogP contribution in [0.2, 0.25) is 0 Å². The van der Waals surface area contributed by atoms with E-state index < -0.39 is 0 Å². The number of rotatable bonds is 5. The zero-order valence-electron chi connectivity index (χ0n) is 13.3. The molecule has 21 heavy (non-hydrogen) atoms. The smallest absolute Gasteiger partial charge is 0.239 e. The van der Waals surface area contributed by atoms with E-state index in [1.54, 1.807) is 0 Å². The Hall–Kier alpha value is -1.49. The Kier molecular flexibility index (Phi) is 6.27. The van der Waals surface area contributed by atoms with Crippen molar-refractivity contribution >= 4 is 23.6 Å². The number of aryl methyl sites for hydroxylation is 1. The van der Waals surface area contributed by atoms with Gasteiger partial charge in [0.25, 0.3) is 0 Å². The van der Waals surface area contributed by atoms with E-state index in [0.717, 1.165) is 4.90 Å². The second kappa shape index (κ2) is 7.50. The van der Waals surface area contributed by atoms with Gasteiger partial charge in [-0.1, -0.05) is 17.7 Å². The lowest BCUT2D eigenvalue weighted by Crippen LogP contribution is -2.46. The molecule has 2 N–H and O–H groups in total. The summed E-state index contributed by atoms with van der Waals surface area (Å²) in [6.07, 6.45) is 0. The molecule has 1 atom stereocenters. The van der Waals surface area contributed by atoms with Crippen LogP contribution in [-0.4, -0.2) is 29.1 Å². The van der Waals surface area contributed by atoms with Crippen LogP contribution in [0.4, 0.5) is 0 Å². The maximum atomic E-state index is 12.0. The molecule has 5 heteroatoms. The van der Waals surface area contributed by atoms with Crippen molar-refractivity contribution in [1.29, 1.82) is 0 Å². The average molecular weight is 308 g/mol. The van der Waals surface area contributed by atoms with Crippen molar-refractivity contribution in [3.05, 3.63) is 29.8 Å². The number of hydrogen-bond donors (Lipinski definition) is 2. The summed E-state index contributed by atoms with van der Waals surface area (Å²) in [5.41, 5.74) is 0.902. The minimum atomic E-state index is -0.288. The van der Waals surface area contributed by atoms with Crippen molar-refractivity contribution in [2.75, 3.05) is 6.54 Å². The molecule has 4 nitrogen and oxygen atoms in total. The van der Waals surface area contributed by atoms with Crippen LogP contribution >= 0.6 is 11.8 Å². The van der Waals surface area contributed by atoms with Crippen LogP contribution in [0.1, 0.15) is 33.3 Å². The third-order valence-corrected chi connectivity index (χ3v) is 3.75. The van der Waals surface area contributed by atoms with Gasteiger partial charge in [0.15, 0.2) is 0 Å². The highest BCUT2D eigenvalue weighted by molar-refractivity contribution is 8.00. The summed E-state index contributed by atoms with van der Waals surface area (Å²) in [6.45, 7) is 9.59. The van der Waals surface area contributed by atoms with Crippen LogP contribution in [0, 0.1) is 6.92 Å². The molecule has 0 aliphatic heterocycles. The zero-order valence-corrected chi connectivity index (χ0v) is 14.1. The minimum Gasteiger partial charge on any atom is -0.350 e. The fourth-order valence-electron chi connectivity index (χ4n) is 1.65. The minimum absolute atomic E-state index is 0.00883. The fraction of sp³-hybridized carbons (Fsp3) is 0.500. The van der Waals surface area contributed by atoms with Crippen molar-refractivity contribution in [2.45, 2.75) is 50.3 Å². The van der Waals surface area contributed by atoms with Crippen molar-refractivity contribution in [1.82, 2.24) is 10.6 Å². The van der Waals surface area contributed by atoms with Crippen molar-refractivity contribution in [2.24, 2.45) is 0 Å². The monoisotopic (exact) mass is 308 g/mol. The van der Waals surface area contributed by atoms with Gasteiger partial charge in [0, 0.05) is 10.4 Å². The molecule has 0 fully saturated rings. The molecule has 116 valence electrons. The van der Waals surface area contributed by atoms with E-state index in [2.05, 4.69) is 10.6 Å². The molecule has 0 spiro atoms. The quantitative estimate of drug-likeness (QED) is 0.822. The van der Waals surface area contributed by atoms with E-state index in [1.807, 2.05) is 58.9 Å². The Labute approximate surface area is 131 Å². The fourth-order valence-corrected chi connectivity index (χ4v) is 2.54. The molecule has 0 aromatic heterocycles. The molecule has 0 bridgehead atoms. The Balaban J connectivity index is 2.41. The van der Waals surface area contributed by atoms with Gasteiger partial charge < -0.3 is 10.6 Å². The normalized spacial score (nSPS) is 12.6. The lowest BCUT2D eigenvalue weighted by molar-refractivity contribution is -0.126. The molecule has 0 aliphatic rings.